The smallest absolute Gasteiger partial charge is 0.251 e. The minimum absolute atomic E-state index is 0.0420. The lowest BCUT2D eigenvalue weighted by molar-refractivity contribution is -0.113. The number of H-pyrrole nitrogens is 1. The molecular weight excluding hydrogens is 300 g/mol. The Bertz CT molecular complexity index is 726. The molecule has 2 amide bonds. The SMILES string of the molecule is CCc1cc(CNC(=O)c2ccc3c(c2)NC(=O)CS3)[nH]n1. The van der Waals surface area contributed by atoms with E-state index in [0.29, 0.717) is 23.5 Å². The number of hydrogen-bond donors (Lipinski definition) is 3. The van der Waals surface area contributed by atoms with Crippen LogP contribution in [0.2, 0.25) is 0 Å². The van der Waals surface area contributed by atoms with Gasteiger partial charge < -0.3 is 10.6 Å². The molecule has 0 saturated carbocycles. The molecule has 0 radical (unpaired) electrons. The maximum atomic E-state index is 12.2. The average Bonchev–Trinajstić information content (AvgIpc) is 3.00. The first-order chi connectivity index (χ1) is 10.7. The number of amides is 2. The minimum atomic E-state index is -0.180. The van der Waals surface area contributed by atoms with Crippen molar-refractivity contribution in [2.75, 3.05) is 11.1 Å². The van der Waals surface area contributed by atoms with Gasteiger partial charge in [0.25, 0.3) is 5.91 Å². The molecule has 1 aromatic carbocycles. The van der Waals surface area contributed by atoms with Gasteiger partial charge >= 0.3 is 0 Å². The van der Waals surface area contributed by atoms with Gasteiger partial charge in [-0.3, -0.25) is 14.7 Å². The molecule has 2 aromatic rings. The van der Waals surface area contributed by atoms with Gasteiger partial charge in [0.05, 0.1) is 29.4 Å². The van der Waals surface area contributed by atoms with Gasteiger partial charge in [-0.15, -0.1) is 11.8 Å². The summed E-state index contributed by atoms with van der Waals surface area (Å²) in [6.45, 7) is 2.42. The topological polar surface area (TPSA) is 86.9 Å². The highest BCUT2D eigenvalue weighted by Crippen LogP contribution is 2.31. The molecule has 0 unspecified atom stereocenters. The van der Waals surface area contributed by atoms with Crippen LogP contribution in [0.1, 0.15) is 28.7 Å². The molecule has 2 heterocycles. The molecule has 0 aliphatic carbocycles. The third-order valence-corrected chi connectivity index (χ3v) is 4.43. The van der Waals surface area contributed by atoms with Crippen molar-refractivity contribution in [3.63, 3.8) is 0 Å². The number of nitrogens with zero attached hydrogens (tertiary/aromatic N) is 1. The van der Waals surface area contributed by atoms with Crippen LogP contribution in [0.3, 0.4) is 0 Å². The molecular formula is C15H16N4O2S. The molecule has 0 bridgehead atoms. The van der Waals surface area contributed by atoms with Crippen molar-refractivity contribution >= 4 is 29.3 Å². The Kier molecular flexibility index (Phi) is 4.15. The normalized spacial score (nSPS) is 13.4. The number of carbonyl (C=O) groups is 2. The van der Waals surface area contributed by atoms with E-state index < -0.39 is 0 Å². The Morgan fingerprint density at radius 1 is 1.41 bits per heavy atom. The van der Waals surface area contributed by atoms with Gasteiger partial charge in [-0.2, -0.15) is 5.10 Å². The molecule has 0 atom stereocenters. The van der Waals surface area contributed by atoms with E-state index >= 15 is 0 Å². The Labute approximate surface area is 132 Å². The molecule has 7 heteroatoms. The molecule has 114 valence electrons. The number of thioether (sulfide) groups is 1. The number of nitrogens with one attached hydrogen (secondary N) is 3. The second-order valence-electron chi connectivity index (χ2n) is 4.97. The highest BCUT2D eigenvalue weighted by molar-refractivity contribution is 8.00. The lowest BCUT2D eigenvalue weighted by atomic mass is 10.2. The maximum absolute atomic E-state index is 12.2. The van der Waals surface area contributed by atoms with Gasteiger partial charge in [-0.05, 0) is 30.7 Å². The van der Waals surface area contributed by atoms with Crippen molar-refractivity contribution in [1.82, 2.24) is 15.5 Å². The summed E-state index contributed by atoms with van der Waals surface area (Å²) in [4.78, 5) is 24.6. The molecule has 0 saturated heterocycles. The molecule has 1 aliphatic heterocycles. The minimum Gasteiger partial charge on any atom is -0.346 e. The second-order valence-corrected chi connectivity index (χ2v) is 5.99. The van der Waals surface area contributed by atoms with E-state index in [9.17, 15) is 9.59 Å². The second kappa shape index (κ2) is 6.23. The zero-order valence-electron chi connectivity index (χ0n) is 12.1. The highest BCUT2D eigenvalue weighted by Gasteiger charge is 2.17. The van der Waals surface area contributed by atoms with Crippen molar-refractivity contribution in [2.45, 2.75) is 24.8 Å². The molecule has 3 rings (SSSR count). The van der Waals surface area contributed by atoms with Gasteiger partial charge in [0, 0.05) is 10.5 Å². The third kappa shape index (κ3) is 3.14. The van der Waals surface area contributed by atoms with Crippen molar-refractivity contribution < 1.29 is 9.59 Å². The maximum Gasteiger partial charge on any atom is 0.251 e. The van der Waals surface area contributed by atoms with E-state index in [1.807, 2.05) is 19.1 Å². The van der Waals surface area contributed by atoms with Gasteiger partial charge in [0.15, 0.2) is 0 Å². The first-order valence-electron chi connectivity index (χ1n) is 7.03. The molecule has 3 N–H and O–H groups in total. The van der Waals surface area contributed by atoms with Crippen molar-refractivity contribution in [3.8, 4) is 0 Å². The monoisotopic (exact) mass is 316 g/mol. The van der Waals surface area contributed by atoms with Crippen molar-refractivity contribution in [2.24, 2.45) is 0 Å². The third-order valence-electron chi connectivity index (χ3n) is 3.36. The van der Waals surface area contributed by atoms with Gasteiger partial charge in [-0.25, -0.2) is 0 Å². The summed E-state index contributed by atoms with van der Waals surface area (Å²) in [5.41, 5.74) is 3.06. The molecule has 1 aromatic heterocycles. The van der Waals surface area contributed by atoms with Crippen molar-refractivity contribution in [3.05, 3.63) is 41.2 Å². The molecule has 22 heavy (non-hydrogen) atoms. The first kappa shape index (κ1) is 14.6. The van der Waals surface area contributed by atoms with Crippen LogP contribution in [0.15, 0.2) is 29.2 Å². The van der Waals surface area contributed by atoms with Gasteiger partial charge in [0.1, 0.15) is 0 Å². The number of fused-ring (bicyclic) bond motifs is 1. The zero-order chi connectivity index (χ0) is 15.5. The molecule has 0 fully saturated rings. The van der Waals surface area contributed by atoms with E-state index in [4.69, 9.17) is 0 Å². The summed E-state index contributed by atoms with van der Waals surface area (Å²) in [6.07, 6.45) is 0.854. The Balaban J connectivity index is 1.67. The standard InChI is InChI=1S/C15H16N4O2S/c1-2-10-6-11(19-18-10)7-16-15(21)9-3-4-13-12(5-9)17-14(20)8-22-13/h3-6H,2,7-8H2,1H3,(H,16,21)(H,17,20)(H,18,19). The average molecular weight is 316 g/mol. The van der Waals surface area contributed by atoms with E-state index in [-0.39, 0.29) is 11.8 Å². The first-order valence-corrected chi connectivity index (χ1v) is 8.02. The molecule has 6 nitrogen and oxygen atoms in total. The van der Waals surface area contributed by atoms with Crippen molar-refractivity contribution in [1.29, 1.82) is 0 Å². The Morgan fingerprint density at radius 3 is 3.05 bits per heavy atom. The Morgan fingerprint density at radius 2 is 2.27 bits per heavy atom. The number of rotatable bonds is 4. The van der Waals surface area contributed by atoms with Crippen LogP contribution >= 0.6 is 11.8 Å². The van der Waals surface area contributed by atoms with E-state index in [2.05, 4.69) is 20.8 Å². The fourth-order valence-electron chi connectivity index (χ4n) is 2.18. The van der Waals surface area contributed by atoms with Crippen LogP contribution in [0.5, 0.6) is 0 Å². The lowest BCUT2D eigenvalue weighted by Crippen LogP contribution is -2.24. The number of carbonyl (C=O) groups excluding carboxylic acids is 2. The number of anilines is 1. The quantitative estimate of drug-likeness (QED) is 0.804. The summed E-state index contributed by atoms with van der Waals surface area (Å²) in [6, 6.07) is 7.27. The zero-order valence-corrected chi connectivity index (χ0v) is 12.9. The molecule has 1 aliphatic rings. The highest BCUT2D eigenvalue weighted by atomic mass is 32.2. The van der Waals surface area contributed by atoms with E-state index in [1.165, 1.54) is 11.8 Å². The van der Waals surface area contributed by atoms with Crippen LogP contribution in [-0.2, 0) is 17.8 Å². The summed E-state index contributed by atoms with van der Waals surface area (Å²) < 4.78 is 0. The number of aryl methyl sites for hydroxylation is 1. The fraction of sp³-hybridized carbons (Fsp3) is 0.267. The van der Waals surface area contributed by atoms with Crippen LogP contribution in [0.4, 0.5) is 5.69 Å². The predicted octanol–water partition coefficient (Wildman–Crippen LogP) is 1.95. The number of hydrogen-bond acceptors (Lipinski definition) is 4. The number of aromatic nitrogens is 2. The van der Waals surface area contributed by atoms with Crippen LogP contribution in [0, 0.1) is 0 Å². The summed E-state index contributed by atoms with van der Waals surface area (Å²) in [5.74, 6) is 0.192. The Hall–Kier alpha value is -2.28. The summed E-state index contributed by atoms with van der Waals surface area (Å²) >= 11 is 1.48. The van der Waals surface area contributed by atoms with E-state index in [1.54, 1.807) is 12.1 Å². The fourth-order valence-corrected chi connectivity index (χ4v) is 2.97. The summed E-state index contributed by atoms with van der Waals surface area (Å²) in [5, 5.41) is 12.6. The summed E-state index contributed by atoms with van der Waals surface area (Å²) in [7, 11) is 0. The largest absolute Gasteiger partial charge is 0.346 e. The lowest BCUT2D eigenvalue weighted by Gasteiger charge is -2.16. The predicted molar refractivity (Wildman–Crippen MR) is 84.9 cm³/mol. The van der Waals surface area contributed by atoms with Gasteiger partial charge in [0.2, 0.25) is 5.91 Å². The number of benzene rings is 1. The van der Waals surface area contributed by atoms with E-state index in [0.717, 1.165) is 22.7 Å². The van der Waals surface area contributed by atoms with Gasteiger partial charge in [-0.1, -0.05) is 6.92 Å². The van der Waals surface area contributed by atoms with Crippen LogP contribution in [0.25, 0.3) is 0 Å². The van der Waals surface area contributed by atoms with Crippen LogP contribution < -0.4 is 10.6 Å². The van der Waals surface area contributed by atoms with Crippen LogP contribution in [-0.4, -0.2) is 27.8 Å². The number of aromatic amines is 1. The molecule has 0 spiro atoms.